The fourth-order valence-corrected chi connectivity index (χ4v) is 4.84. The average Bonchev–Trinajstić information content (AvgIpc) is 3.23. The number of phenols is 1. The van der Waals surface area contributed by atoms with Gasteiger partial charge in [-0.25, -0.2) is 4.68 Å². The van der Waals surface area contributed by atoms with Crippen molar-refractivity contribution >= 4 is 29.0 Å². The normalized spacial score (nSPS) is 18.2. The second kappa shape index (κ2) is 8.27. The molecule has 5 N–H and O–H groups in total. The van der Waals surface area contributed by atoms with E-state index in [1.165, 1.54) is 0 Å². The molecular weight excluding hydrogens is 426 g/mol. The maximum Gasteiger partial charge on any atom is 0.171 e. The number of nitrogens with two attached hydrogens (primary N) is 2. The molecule has 2 fully saturated rings. The third kappa shape index (κ3) is 3.93. The van der Waals surface area contributed by atoms with E-state index >= 15 is 0 Å². The van der Waals surface area contributed by atoms with Crippen LogP contribution < -0.4 is 21.3 Å². The van der Waals surface area contributed by atoms with Crippen LogP contribution in [0.25, 0.3) is 11.8 Å². The predicted octanol–water partition coefficient (Wildman–Crippen LogP) is 3.57. The Morgan fingerprint density at radius 3 is 2.44 bits per heavy atom. The molecule has 1 unspecified atom stereocenters. The van der Waals surface area contributed by atoms with Crippen LogP contribution >= 0.6 is 0 Å². The number of aromatic nitrogens is 3. The van der Waals surface area contributed by atoms with Crippen LogP contribution in [-0.2, 0) is 0 Å². The molecule has 0 bridgehead atoms. The summed E-state index contributed by atoms with van der Waals surface area (Å²) in [5.74, 6) is 1.65. The summed E-state index contributed by atoms with van der Waals surface area (Å²) in [5.41, 5.74) is 16.6. The van der Waals surface area contributed by atoms with Gasteiger partial charge >= 0.3 is 0 Å². The van der Waals surface area contributed by atoms with Crippen LogP contribution in [0.1, 0.15) is 37.9 Å². The maximum atomic E-state index is 10.0. The average molecular weight is 460 g/mol. The predicted molar refractivity (Wildman–Crippen MR) is 137 cm³/mol. The Balaban J connectivity index is 1.20. The molecule has 3 aromatic rings. The third-order valence-electron chi connectivity index (χ3n) is 7.27. The molecule has 2 aromatic carbocycles. The number of hydrogen-bond donors (Lipinski definition) is 3. The topological polar surface area (TPSA) is 109 Å². The summed E-state index contributed by atoms with van der Waals surface area (Å²) >= 11 is 0. The van der Waals surface area contributed by atoms with Crippen LogP contribution in [0.5, 0.6) is 5.75 Å². The zero-order valence-corrected chi connectivity index (χ0v) is 20.0. The molecule has 1 aromatic heterocycles. The van der Waals surface area contributed by atoms with Gasteiger partial charge in [-0.05, 0) is 48.7 Å². The molecule has 8 heteroatoms. The van der Waals surface area contributed by atoms with E-state index in [4.69, 9.17) is 11.5 Å². The second-order valence-electron chi connectivity index (χ2n) is 10.2. The van der Waals surface area contributed by atoms with Gasteiger partial charge in [0.05, 0.1) is 12.2 Å². The number of nitrogens with zero attached hydrogens (tertiary/aromatic N) is 5. The summed E-state index contributed by atoms with van der Waals surface area (Å²) in [7, 11) is 0. The van der Waals surface area contributed by atoms with Gasteiger partial charge < -0.3 is 26.4 Å². The molecule has 0 aliphatic carbocycles. The Morgan fingerprint density at radius 2 is 1.76 bits per heavy atom. The van der Waals surface area contributed by atoms with E-state index < -0.39 is 0 Å². The maximum absolute atomic E-state index is 10.0. The van der Waals surface area contributed by atoms with Crippen LogP contribution in [0, 0.1) is 11.3 Å². The molecule has 0 saturated carbocycles. The number of phenolic OH excluding ortho intramolecular Hbond substituents is 1. The quantitative estimate of drug-likeness (QED) is 0.382. The Labute approximate surface area is 200 Å². The van der Waals surface area contributed by atoms with Gasteiger partial charge in [-0.3, -0.25) is 0 Å². The number of para-hydroxylation sites is 1. The fraction of sp³-hybridized carbons (Fsp3) is 0.385. The highest BCUT2D eigenvalue weighted by atomic mass is 16.3. The van der Waals surface area contributed by atoms with Crippen LogP contribution in [0.2, 0.25) is 0 Å². The monoisotopic (exact) mass is 459 g/mol. The summed E-state index contributed by atoms with van der Waals surface area (Å²) in [4.78, 5) is 4.68. The summed E-state index contributed by atoms with van der Waals surface area (Å²) in [6, 6.07) is 13.5. The van der Waals surface area contributed by atoms with E-state index in [1.807, 2.05) is 29.0 Å². The van der Waals surface area contributed by atoms with Crippen molar-refractivity contribution in [2.24, 2.45) is 17.1 Å². The molecule has 0 radical (unpaired) electrons. The lowest BCUT2D eigenvalue weighted by Crippen LogP contribution is -2.72. The number of aromatic hydroxyl groups is 1. The smallest absolute Gasteiger partial charge is 0.171 e. The number of anilines is 3. The lowest BCUT2D eigenvalue weighted by atomic mass is 9.72. The number of hydrogen-bond acceptors (Lipinski definition) is 7. The Hall–Kier alpha value is -3.68. The zero-order chi connectivity index (χ0) is 24.0. The molecule has 2 saturated heterocycles. The Bertz CT molecular complexity index is 1220. The van der Waals surface area contributed by atoms with Gasteiger partial charge in [-0.1, -0.05) is 37.3 Å². The molecule has 1 spiro atoms. The first-order valence-corrected chi connectivity index (χ1v) is 11.8. The molecule has 1 atom stereocenters. The van der Waals surface area contributed by atoms with Crippen molar-refractivity contribution in [3.8, 4) is 5.75 Å². The minimum Gasteiger partial charge on any atom is -0.507 e. The molecular formula is C26H33N7O. The van der Waals surface area contributed by atoms with Crippen molar-refractivity contribution in [2.45, 2.75) is 26.8 Å². The third-order valence-corrected chi connectivity index (χ3v) is 7.27. The minimum atomic E-state index is 0.156. The first-order valence-electron chi connectivity index (χ1n) is 11.8. The molecule has 178 valence electrons. The second-order valence-corrected chi connectivity index (χ2v) is 10.2. The van der Waals surface area contributed by atoms with Gasteiger partial charge in [0.1, 0.15) is 5.75 Å². The van der Waals surface area contributed by atoms with Crippen molar-refractivity contribution in [3.05, 3.63) is 59.8 Å². The van der Waals surface area contributed by atoms with Crippen LogP contribution in [0.4, 0.5) is 17.2 Å². The highest BCUT2D eigenvalue weighted by Crippen LogP contribution is 2.44. The van der Waals surface area contributed by atoms with Crippen molar-refractivity contribution < 1.29 is 5.11 Å². The summed E-state index contributed by atoms with van der Waals surface area (Å²) < 4.78 is 1.97. The van der Waals surface area contributed by atoms with Gasteiger partial charge in [0.25, 0.3) is 0 Å². The van der Waals surface area contributed by atoms with E-state index in [-0.39, 0.29) is 5.75 Å². The fourth-order valence-electron chi connectivity index (χ4n) is 4.84. The van der Waals surface area contributed by atoms with E-state index in [0.29, 0.717) is 34.3 Å². The largest absolute Gasteiger partial charge is 0.507 e. The first kappa shape index (κ1) is 22.1. The van der Waals surface area contributed by atoms with E-state index in [1.54, 1.807) is 18.2 Å². The highest BCUT2D eigenvalue weighted by molar-refractivity contribution is 5.85. The van der Waals surface area contributed by atoms with Gasteiger partial charge in [-0.15, -0.1) is 5.10 Å². The molecule has 2 aliphatic heterocycles. The van der Waals surface area contributed by atoms with E-state index in [2.05, 4.69) is 53.1 Å². The lowest BCUT2D eigenvalue weighted by Gasteiger charge is -2.61. The molecule has 2 aliphatic rings. The van der Waals surface area contributed by atoms with Gasteiger partial charge in [0.2, 0.25) is 0 Å². The van der Waals surface area contributed by atoms with Crippen molar-refractivity contribution in [1.29, 1.82) is 0 Å². The van der Waals surface area contributed by atoms with Crippen molar-refractivity contribution in [1.82, 2.24) is 15.0 Å². The molecule has 5 rings (SSSR count). The summed E-state index contributed by atoms with van der Waals surface area (Å²) in [6.45, 7) is 10.6. The van der Waals surface area contributed by atoms with E-state index in [0.717, 1.165) is 43.2 Å². The van der Waals surface area contributed by atoms with Crippen molar-refractivity contribution in [2.75, 3.05) is 41.7 Å². The Morgan fingerprint density at radius 1 is 1.06 bits per heavy atom. The van der Waals surface area contributed by atoms with E-state index in [9.17, 15) is 5.11 Å². The zero-order valence-electron chi connectivity index (χ0n) is 20.0. The summed E-state index contributed by atoms with van der Waals surface area (Å²) in [5, 5.41) is 18.8. The number of rotatable bonds is 6. The highest BCUT2D eigenvalue weighted by Gasteiger charge is 2.52. The summed E-state index contributed by atoms with van der Waals surface area (Å²) in [6.07, 6.45) is 3.88. The SMILES string of the molecule is CC(C)C(C)n1cc(N2CC3(CN(c4ccc(/C=C(\N)c5ccccc5O)c(N)c4)C3)C2)nn1. The van der Waals surface area contributed by atoms with Gasteiger partial charge in [0.15, 0.2) is 5.82 Å². The molecule has 3 heterocycles. The first-order chi connectivity index (χ1) is 16.2. The van der Waals surface area contributed by atoms with Gasteiger partial charge in [-0.2, -0.15) is 0 Å². The Kier molecular flexibility index (Phi) is 5.38. The van der Waals surface area contributed by atoms with Crippen molar-refractivity contribution in [3.63, 3.8) is 0 Å². The number of benzene rings is 2. The number of nitrogen functional groups attached to an aromatic ring is 1. The molecule has 8 nitrogen and oxygen atoms in total. The minimum absolute atomic E-state index is 0.156. The standard InChI is InChI=1S/C26H33N7O/c1-17(2)18(3)33-12-25(29-30-33)32-15-26(16-32)13-31(14-26)20-9-8-19(22(27)11-20)10-23(28)21-6-4-5-7-24(21)34/h4-12,17-18,34H,13-16,27-28H2,1-3H3/b23-10-. The van der Waals surface area contributed by atoms with Gasteiger partial charge in [0, 0.05) is 54.2 Å². The lowest BCUT2D eigenvalue weighted by molar-refractivity contribution is 0.156. The molecule has 34 heavy (non-hydrogen) atoms. The van der Waals surface area contributed by atoms with Crippen LogP contribution in [0.15, 0.2) is 48.7 Å². The van der Waals surface area contributed by atoms with Crippen LogP contribution in [0.3, 0.4) is 0 Å². The molecule has 0 amide bonds. The van der Waals surface area contributed by atoms with Crippen LogP contribution in [-0.4, -0.2) is 46.3 Å².